The number of aromatic nitrogens is 2. The number of H-pyrrole nitrogens is 1. The molecule has 49 heavy (non-hydrogen) atoms. The van der Waals surface area contributed by atoms with Crippen molar-refractivity contribution in [2.75, 3.05) is 13.1 Å². The van der Waals surface area contributed by atoms with Gasteiger partial charge in [0.15, 0.2) is 0 Å². The van der Waals surface area contributed by atoms with Crippen LogP contribution in [0.2, 0.25) is 0 Å². The van der Waals surface area contributed by atoms with Crippen molar-refractivity contribution >= 4 is 23.1 Å². The van der Waals surface area contributed by atoms with Gasteiger partial charge >= 0.3 is 0 Å². The van der Waals surface area contributed by atoms with Gasteiger partial charge in [-0.25, -0.2) is 4.98 Å². The quantitative estimate of drug-likeness (QED) is 0.236. The number of hydrogen-bond donors (Lipinski definition) is 1. The topological polar surface area (TPSA) is 81.7 Å². The van der Waals surface area contributed by atoms with Crippen molar-refractivity contribution in [1.29, 1.82) is 0 Å². The predicted octanol–water partition coefficient (Wildman–Crippen LogP) is 8.95. The largest absolute Gasteiger partial charge is 0.340 e. The fourth-order valence-electron chi connectivity index (χ4n) is 7.81. The summed E-state index contributed by atoms with van der Waals surface area (Å²) in [5.41, 5.74) is 9.48. The van der Waals surface area contributed by atoms with E-state index in [4.69, 9.17) is 9.98 Å². The van der Waals surface area contributed by atoms with E-state index < -0.39 is 0 Å². The van der Waals surface area contributed by atoms with Crippen molar-refractivity contribution in [3.63, 3.8) is 0 Å². The number of aromatic amines is 1. The van der Waals surface area contributed by atoms with Crippen LogP contribution in [0.25, 0.3) is 28.0 Å². The molecule has 0 unspecified atom stereocenters. The average molecular weight is 660 g/mol. The lowest BCUT2D eigenvalue weighted by Crippen LogP contribution is -2.43. The Balaban J connectivity index is 1.03. The number of allylic oxidation sites excluding steroid dienone is 2. The zero-order valence-corrected chi connectivity index (χ0v) is 30.2. The number of nitrogens with one attached hydrogen (secondary N) is 1. The number of benzene rings is 2. The SMILES string of the molecule is CC(C)[C@H](C)C(=O)N1CCC[C@H]1C1=NC(C2CC2)=C(c2ccc(-c3ccc(-c4cnc([C@@H]5CCCN5C(=O)[C@@H](C)C(C)C)[nH]4)cc3)cc2)C1. The number of aliphatic imine (C=N–C) groups is 1. The van der Waals surface area contributed by atoms with E-state index in [1.54, 1.807) is 0 Å². The molecule has 4 aliphatic rings. The van der Waals surface area contributed by atoms with Gasteiger partial charge in [0.2, 0.25) is 11.8 Å². The standard InChI is InChI=1S/C42H53N5O2/c1-25(2)27(5)41(48)46-21-7-9-37(46)35-23-34(39(44-35)33-19-20-33)31-15-11-29(12-16-31)30-13-17-32(18-14-30)36-24-43-40(45-36)38-10-8-22-47(38)42(49)28(6)26(3)4/h11-18,24-28,33,37-38H,7-10,19-23H2,1-6H3,(H,43,45)/t27-,28-,37-,38-/m0/s1. The predicted molar refractivity (Wildman–Crippen MR) is 198 cm³/mol. The number of rotatable bonds is 10. The Morgan fingerprint density at radius 2 is 1.20 bits per heavy atom. The molecule has 4 atom stereocenters. The summed E-state index contributed by atoms with van der Waals surface area (Å²) in [6.45, 7) is 14.3. The highest BCUT2D eigenvalue weighted by molar-refractivity contribution is 6.04. The molecule has 0 bridgehead atoms. The number of amides is 2. The van der Waals surface area contributed by atoms with E-state index in [2.05, 4.69) is 93.0 Å². The molecule has 2 amide bonds. The Labute approximate surface area is 292 Å². The molecule has 1 aliphatic carbocycles. The van der Waals surface area contributed by atoms with Crippen LogP contribution in [0.3, 0.4) is 0 Å². The van der Waals surface area contributed by atoms with Gasteiger partial charge in [-0.15, -0.1) is 0 Å². The van der Waals surface area contributed by atoms with Gasteiger partial charge < -0.3 is 14.8 Å². The van der Waals surface area contributed by atoms with Crippen LogP contribution in [0, 0.1) is 29.6 Å². The number of nitrogens with zero attached hydrogens (tertiary/aromatic N) is 4. The molecule has 7 rings (SSSR count). The second-order valence-corrected chi connectivity index (χ2v) is 15.7. The summed E-state index contributed by atoms with van der Waals surface area (Å²) in [7, 11) is 0. The molecule has 3 aliphatic heterocycles. The van der Waals surface area contributed by atoms with Crippen LogP contribution in [0.15, 0.2) is 65.4 Å². The minimum absolute atomic E-state index is 0.0100. The average Bonchev–Trinajstić information content (AvgIpc) is 3.56. The maximum atomic E-state index is 13.4. The van der Waals surface area contributed by atoms with Crippen molar-refractivity contribution in [3.05, 3.63) is 71.8 Å². The zero-order chi connectivity index (χ0) is 34.4. The Hall–Kier alpha value is -4.00. The minimum Gasteiger partial charge on any atom is -0.340 e. The Bertz CT molecular complexity index is 1740. The first-order valence-corrected chi connectivity index (χ1v) is 18.8. The highest BCUT2D eigenvalue weighted by Gasteiger charge is 2.40. The molecule has 1 saturated carbocycles. The van der Waals surface area contributed by atoms with Crippen LogP contribution >= 0.6 is 0 Å². The van der Waals surface area contributed by atoms with Crippen LogP contribution in [-0.4, -0.2) is 56.4 Å². The fraction of sp³-hybridized carbons (Fsp3) is 0.524. The van der Waals surface area contributed by atoms with Gasteiger partial charge in [0.05, 0.1) is 24.0 Å². The van der Waals surface area contributed by atoms with Gasteiger partial charge in [-0.05, 0) is 78.2 Å². The van der Waals surface area contributed by atoms with Gasteiger partial charge in [-0.2, -0.15) is 0 Å². The zero-order valence-electron chi connectivity index (χ0n) is 30.2. The van der Waals surface area contributed by atoms with E-state index >= 15 is 0 Å². The first-order valence-electron chi connectivity index (χ1n) is 18.8. The second-order valence-electron chi connectivity index (χ2n) is 15.7. The Kier molecular flexibility index (Phi) is 9.38. The van der Waals surface area contributed by atoms with E-state index in [1.165, 1.54) is 46.5 Å². The first-order chi connectivity index (χ1) is 23.6. The van der Waals surface area contributed by atoms with E-state index in [-0.39, 0.29) is 35.7 Å². The molecule has 0 spiro atoms. The summed E-state index contributed by atoms with van der Waals surface area (Å²) in [4.78, 5) is 44.3. The molecule has 2 saturated heterocycles. The summed E-state index contributed by atoms with van der Waals surface area (Å²) in [6.07, 6.45) is 9.21. The molecule has 3 aromatic rings. The van der Waals surface area contributed by atoms with E-state index in [0.29, 0.717) is 17.8 Å². The van der Waals surface area contributed by atoms with Crippen molar-refractivity contribution in [1.82, 2.24) is 19.8 Å². The van der Waals surface area contributed by atoms with Gasteiger partial charge in [-0.1, -0.05) is 90.1 Å². The molecular weight excluding hydrogens is 606 g/mol. The van der Waals surface area contributed by atoms with Crippen LogP contribution < -0.4 is 0 Å². The molecule has 2 aromatic carbocycles. The molecule has 258 valence electrons. The van der Waals surface area contributed by atoms with Crippen LogP contribution in [0.1, 0.15) is 104 Å². The molecule has 1 aromatic heterocycles. The smallest absolute Gasteiger partial charge is 0.226 e. The molecule has 4 heterocycles. The molecule has 0 radical (unpaired) electrons. The lowest BCUT2D eigenvalue weighted by atomic mass is 9.93. The maximum Gasteiger partial charge on any atom is 0.226 e. The number of carbonyl (C=O) groups excluding carboxylic acids is 2. The van der Waals surface area contributed by atoms with Gasteiger partial charge in [0.1, 0.15) is 5.82 Å². The van der Waals surface area contributed by atoms with Gasteiger partial charge in [0, 0.05) is 48.7 Å². The summed E-state index contributed by atoms with van der Waals surface area (Å²) in [5, 5.41) is 0. The summed E-state index contributed by atoms with van der Waals surface area (Å²) >= 11 is 0. The first kappa shape index (κ1) is 33.5. The van der Waals surface area contributed by atoms with Crippen LogP contribution in [-0.2, 0) is 9.59 Å². The monoisotopic (exact) mass is 659 g/mol. The highest BCUT2D eigenvalue weighted by atomic mass is 16.2. The lowest BCUT2D eigenvalue weighted by molar-refractivity contribution is -0.137. The van der Waals surface area contributed by atoms with Gasteiger partial charge in [0.25, 0.3) is 0 Å². The third-order valence-electron chi connectivity index (χ3n) is 11.8. The molecule has 1 N–H and O–H groups in total. The number of hydrogen-bond acceptors (Lipinski definition) is 4. The fourth-order valence-corrected chi connectivity index (χ4v) is 7.81. The van der Waals surface area contributed by atoms with Crippen molar-refractivity contribution in [2.24, 2.45) is 34.6 Å². The second kappa shape index (κ2) is 13.7. The highest BCUT2D eigenvalue weighted by Crippen LogP contribution is 2.46. The third kappa shape index (κ3) is 6.65. The Morgan fingerprint density at radius 1 is 0.694 bits per heavy atom. The Morgan fingerprint density at radius 3 is 1.76 bits per heavy atom. The molecule has 3 fully saturated rings. The van der Waals surface area contributed by atoms with Crippen LogP contribution in [0.4, 0.5) is 0 Å². The van der Waals surface area contributed by atoms with Gasteiger partial charge in [-0.3, -0.25) is 14.6 Å². The molecular formula is C42H53N5O2. The minimum atomic E-state index is 0.0100. The molecule has 7 heteroatoms. The lowest BCUT2D eigenvalue weighted by Gasteiger charge is -2.29. The summed E-state index contributed by atoms with van der Waals surface area (Å²) in [6, 6.07) is 17.8. The van der Waals surface area contributed by atoms with E-state index in [0.717, 1.165) is 62.3 Å². The molecule has 7 nitrogen and oxygen atoms in total. The normalized spacial score (nSPS) is 22.4. The van der Waals surface area contributed by atoms with Crippen molar-refractivity contribution < 1.29 is 9.59 Å². The number of imidazole rings is 1. The van der Waals surface area contributed by atoms with E-state index in [1.807, 2.05) is 18.0 Å². The third-order valence-corrected chi connectivity index (χ3v) is 11.8. The van der Waals surface area contributed by atoms with Crippen molar-refractivity contribution in [2.45, 2.75) is 98.6 Å². The van der Waals surface area contributed by atoms with E-state index in [9.17, 15) is 9.59 Å². The van der Waals surface area contributed by atoms with Crippen molar-refractivity contribution in [3.8, 4) is 22.4 Å². The summed E-state index contributed by atoms with van der Waals surface area (Å²) in [5.74, 6) is 2.67. The number of likely N-dealkylation sites (tertiary alicyclic amines) is 2. The summed E-state index contributed by atoms with van der Waals surface area (Å²) < 4.78 is 0. The number of carbonyl (C=O) groups is 2. The maximum absolute atomic E-state index is 13.4. The van der Waals surface area contributed by atoms with Crippen LogP contribution in [0.5, 0.6) is 0 Å².